The Hall–Kier alpha value is 0.250. The molecule has 0 aliphatic heterocycles. The molecule has 0 rings (SSSR count). The van der Waals surface area contributed by atoms with Crippen molar-refractivity contribution in [2.45, 2.75) is 25.3 Å². The molecule has 0 aromatic rings. The zero-order valence-electron chi connectivity index (χ0n) is 5.19. The Labute approximate surface area is 56.0 Å². The molecular formula is C6H12ClO. The van der Waals surface area contributed by atoms with Gasteiger partial charge in [-0.05, 0) is 13.3 Å². The van der Waals surface area contributed by atoms with Gasteiger partial charge in [0, 0.05) is 6.61 Å². The van der Waals surface area contributed by atoms with E-state index in [0.29, 0.717) is 0 Å². The molecule has 0 aliphatic carbocycles. The molecule has 0 aromatic carbocycles. The smallest absolute Gasteiger partial charge is 0.131 e. The Morgan fingerprint density at radius 2 is 2.38 bits per heavy atom. The zero-order valence-corrected chi connectivity index (χ0v) is 5.95. The van der Waals surface area contributed by atoms with Gasteiger partial charge in [-0.15, -0.1) is 0 Å². The van der Waals surface area contributed by atoms with Crippen LogP contribution >= 0.6 is 11.6 Å². The minimum absolute atomic E-state index is 0.374. The van der Waals surface area contributed by atoms with Gasteiger partial charge in [0.05, 0.1) is 0 Å². The molecule has 1 radical (unpaired) electrons. The maximum Gasteiger partial charge on any atom is 0.131 e. The lowest BCUT2D eigenvalue weighted by atomic mass is 10.4. The van der Waals surface area contributed by atoms with Crippen LogP contribution in [0.2, 0.25) is 0 Å². The summed E-state index contributed by atoms with van der Waals surface area (Å²) in [6.07, 6.45) is 2.21. The third kappa shape index (κ3) is 6.25. The summed E-state index contributed by atoms with van der Waals surface area (Å²) in [5.41, 5.74) is -0.374. The molecule has 2 heteroatoms. The summed E-state index contributed by atoms with van der Waals surface area (Å²) in [7, 11) is 0. The number of rotatable bonds is 4. The molecule has 1 unspecified atom stereocenters. The van der Waals surface area contributed by atoms with Crippen LogP contribution < -0.4 is 0 Å². The third-order valence-electron chi connectivity index (χ3n) is 0.797. The summed E-state index contributed by atoms with van der Waals surface area (Å²) >= 11 is 5.38. The maximum absolute atomic E-state index is 5.38. The first-order valence-electron chi connectivity index (χ1n) is 2.86. The van der Waals surface area contributed by atoms with E-state index in [1.807, 2.05) is 0 Å². The van der Waals surface area contributed by atoms with Crippen LogP contribution in [0.25, 0.3) is 0 Å². The second-order valence-corrected chi connectivity index (χ2v) is 2.12. The largest absolute Gasteiger partial charge is 0.362 e. The van der Waals surface area contributed by atoms with E-state index in [2.05, 4.69) is 13.8 Å². The van der Waals surface area contributed by atoms with E-state index in [0.717, 1.165) is 19.4 Å². The number of halogens is 1. The lowest BCUT2D eigenvalue weighted by Crippen LogP contribution is -2.00. The van der Waals surface area contributed by atoms with Crippen molar-refractivity contribution in [3.05, 3.63) is 6.92 Å². The van der Waals surface area contributed by atoms with Gasteiger partial charge in [-0.1, -0.05) is 24.9 Å². The summed E-state index contributed by atoms with van der Waals surface area (Å²) in [6.45, 7) is 6.29. The van der Waals surface area contributed by atoms with Crippen molar-refractivity contribution in [2.24, 2.45) is 0 Å². The fraction of sp³-hybridized carbons (Fsp3) is 0.833. The van der Waals surface area contributed by atoms with E-state index < -0.39 is 0 Å². The molecule has 0 amide bonds. The molecule has 8 heavy (non-hydrogen) atoms. The molecule has 0 saturated heterocycles. The Kier molecular flexibility index (Phi) is 5.56. The lowest BCUT2D eigenvalue weighted by Gasteiger charge is -2.02. The van der Waals surface area contributed by atoms with E-state index in [1.165, 1.54) is 0 Å². The van der Waals surface area contributed by atoms with Gasteiger partial charge in [-0.25, -0.2) is 0 Å². The fourth-order valence-electron chi connectivity index (χ4n) is 0.356. The molecular weight excluding hydrogens is 124 g/mol. The predicted molar refractivity (Wildman–Crippen MR) is 35.9 cm³/mol. The number of alkyl halides is 1. The Bertz CT molecular complexity index is 45.8. The highest BCUT2D eigenvalue weighted by molar-refractivity contribution is 6.20. The van der Waals surface area contributed by atoms with Gasteiger partial charge in [-0.2, -0.15) is 0 Å². The van der Waals surface area contributed by atoms with Crippen LogP contribution in [-0.2, 0) is 4.74 Å². The van der Waals surface area contributed by atoms with Crippen molar-refractivity contribution in [3.63, 3.8) is 0 Å². The predicted octanol–water partition coefficient (Wildman–Crippen LogP) is 2.20. The molecule has 0 heterocycles. The zero-order chi connectivity index (χ0) is 6.41. The van der Waals surface area contributed by atoms with Crippen molar-refractivity contribution in [1.29, 1.82) is 0 Å². The molecule has 1 atom stereocenters. The summed E-state index contributed by atoms with van der Waals surface area (Å²) < 4.78 is 4.94. The third-order valence-corrected chi connectivity index (χ3v) is 0.923. The molecule has 0 N–H and O–H groups in total. The highest BCUT2D eigenvalue weighted by Crippen LogP contribution is 1.96. The molecule has 0 saturated carbocycles. The average Bonchev–Trinajstić information content (AvgIpc) is 1.66. The fourth-order valence-corrected chi connectivity index (χ4v) is 0.445. The van der Waals surface area contributed by atoms with E-state index in [1.54, 1.807) is 0 Å². The van der Waals surface area contributed by atoms with Gasteiger partial charge < -0.3 is 4.74 Å². The van der Waals surface area contributed by atoms with Crippen molar-refractivity contribution < 1.29 is 4.74 Å². The number of unbranched alkanes of at least 4 members (excludes halogenated alkanes) is 1. The van der Waals surface area contributed by atoms with E-state index in [9.17, 15) is 0 Å². The Morgan fingerprint density at radius 3 is 2.75 bits per heavy atom. The van der Waals surface area contributed by atoms with Crippen LogP contribution in [-0.4, -0.2) is 12.2 Å². The summed E-state index contributed by atoms with van der Waals surface area (Å²) in [6, 6.07) is 0. The van der Waals surface area contributed by atoms with Crippen LogP contribution in [0.1, 0.15) is 19.8 Å². The SMILES string of the molecule is [CH2]C(Cl)OCCCC. The van der Waals surface area contributed by atoms with Gasteiger partial charge in [0.1, 0.15) is 5.56 Å². The van der Waals surface area contributed by atoms with Crippen molar-refractivity contribution in [2.75, 3.05) is 6.61 Å². The minimum atomic E-state index is -0.374. The Balaban J connectivity index is 2.72. The quantitative estimate of drug-likeness (QED) is 0.424. The molecule has 0 aromatic heterocycles. The lowest BCUT2D eigenvalue weighted by molar-refractivity contribution is 0.131. The highest BCUT2D eigenvalue weighted by Gasteiger charge is 1.91. The average molecular weight is 136 g/mol. The topological polar surface area (TPSA) is 9.23 Å². The van der Waals surface area contributed by atoms with Crippen molar-refractivity contribution >= 4 is 11.6 Å². The first-order valence-corrected chi connectivity index (χ1v) is 3.29. The summed E-state index contributed by atoms with van der Waals surface area (Å²) in [4.78, 5) is 0. The maximum atomic E-state index is 5.38. The molecule has 0 spiro atoms. The van der Waals surface area contributed by atoms with E-state index in [4.69, 9.17) is 16.3 Å². The van der Waals surface area contributed by atoms with Crippen LogP contribution in [0.15, 0.2) is 0 Å². The first-order chi connectivity index (χ1) is 3.77. The number of ether oxygens (including phenoxy) is 1. The van der Waals surface area contributed by atoms with Crippen LogP contribution in [0.3, 0.4) is 0 Å². The van der Waals surface area contributed by atoms with Gasteiger partial charge in [-0.3, -0.25) is 0 Å². The standard InChI is InChI=1S/C6H12ClO/c1-3-4-5-8-6(2)7/h6H,2-5H2,1H3. The molecule has 0 bridgehead atoms. The molecule has 0 aliphatic rings. The van der Waals surface area contributed by atoms with Gasteiger partial charge >= 0.3 is 0 Å². The van der Waals surface area contributed by atoms with E-state index >= 15 is 0 Å². The van der Waals surface area contributed by atoms with Crippen LogP contribution in [0.5, 0.6) is 0 Å². The molecule has 0 fully saturated rings. The second-order valence-electron chi connectivity index (χ2n) is 1.63. The second kappa shape index (κ2) is 5.39. The Morgan fingerprint density at radius 1 is 1.75 bits per heavy atom. The minimum Gasteiger partial charge on any atom is -0.362 e. The summed E-state index contributed by atoms with van der Waals surface area (Å²) in [5, 5.41) is 0. The normalized spacial score (nSPS) is 13.9. The number of hydrogen-bond donors (Lipinski definition) is 0. The highest BCUT2D eigenvalue weighted by atomic mass is 35.5. The van der Waals surface area contributed by atoms with Crippen LogP contribution in [0.4, 0.5) is 0 Å². The van der Waals surface area contributed by atoms with Crippen LogP contribution in [0, 0.1) is 6.92 Å². The van der Waals surface area contributed by atoms with Crippen molar-refractivity contribution in [3.8, 4) is 0 Å². The van der Waals surface area contributed by atoms with Gasteiger partial charge in [0.15, 0.2) is 0 Å². The first kappa shape index (κ1) is 8.25. The van der Waals surface area contributed by atoms with Crippen molar-refractivity contribution in [1.82, 2.24) is 0 Å². The molecule has 49 valence electrons. The summed E-state index contributed by atoms with van der Waals surface area (Å²) in [5.74, 6) is 0. The van der Waals surface area contributed by atoms with Gasteiger partial charge in [0.2, 0.25) is 0 Å². The van der Waals surface area contributed by atoms with Gasteiger partial charge in [0.25, 0.3) is 0 Å². The monoisotopic (exact) mass is 135 g/mol. The number of hydrogen-bond acceptors (Lipinski definition) is 1. The molecule has 1 nitrogen and oxygen atoms in total. The van der Waals surface area contributed by atoms with E-state index in [-0.39, 0.29) is 5.56 Å².